The summed E-state index contributed by atoms with van der Waals surface area (Å²) in [5.74, 6) is 0.933. The monoisotopic (exact) mass is 296 g/mol. The maximum Gasteiger partial charge on any atom is 0.234 e. The molecule has 2 N–H and O–H groups in total. The smallest absolute Gasteiger partial charge is 0.234 e. The Morgan fingerprint density at radius 1 is 1.38 bits per heavy atom. The molecule has 0 bridgehead atoms. The van der Waals surface area contributed by atoms with Crippen LogP contribution in [-0.2, 0) is 4.79 Å². The Morgan fingerprint density at radius 3 is 2.71 bits per heavy atom. The Hall–Kier alpha value is -0.650. The van der Waals surface area contributed by atoms with Gasteiger partial charge in [-0.15, -0.1) is 0 Å². The molecule has 5 heteroatoms. The fourth-order valence-electron chi connectivity index (χ4n) is 3.75. The Kier molecular flexibility index (Phi) is 6.02. The van der Waals surface area contributed by atoms with E-state index < -0.39 is 0 Å². The first-order valence-electron chi connectivity index (χ1n) is 8.39. The van der Waals surface area contributed by atoms with E-state index in [1.165, 1.54) is 25.7 Å². The minimum atomic E-state index is 0.150. The van der Waals surface area contributed by atoms with Crippen LogP contribution in [0.5, 0.6) is 0 Å². The molecule has 0 spiro atoms. The topological polar surface area (TPSA) is 47.6 Å². The molecule has 2 atom stereocenters. The number of hydrogen-bond acceptors (Lipinski definition) is 4. The summed E-state index contributed by atoms with van der Waals surface area (Å²) in [5, 5.41) is 6.52. The molecule has 1 aliphatic heterocycles. The number of rotatable bonds is 5. The Balaban J connectivity index is 1.82. The second-order valence-corrected chi connectivity index (χ2v) is 7.12. The Bertz CT molecular complexity index is 341. The minimum Gasteiger partial charge on any atom is -0.353 e. The van der Waals surface area contributed by atoms with E-state index >= 15 is 0 Å². The van der Waals surface area contributed by atoms with Gasteiger partial charge in [0.15, 0.2) is 0 Å². The van der Waals surface area contributed by atoms with Gasteiger partial charge in [-0.2, -0.15) is 0 Å². The average molecular weight is 296 g/mol. The highest BCUT2D eigenvalue weighted by Crippen LogP contribution is 2.35. The molecule has 0 aromatic carbocycles. The van der Waals surface area contributed by atoms with Crippen molar-refractivity contribution >= 4 is 5.91 Å². The van der Waals surface area contributed by atoms with Crippen molar-refractivity contribution in [2.24, 2.45) is 5.92 Å². The van der Waals surface area contributed by atoms with Crippen LogP contribution < -0.4 is 10.6 Å². The van der Waals surface area contributed by atoms with Crippen molar-refractivity contribution in [1.29, 1.82) is 0 Å². The summed E-state index contributed by atoms with van der Waals surface area (Å²) in [5.41, 5.74) is 0.150. The van der Waals surface area contributed by atoms with E-state index in [0.717, 1.165) is 38.6 Å². The highest BCUT2D eigenvalue weighted by molar-refractivity contribution is 5.78. The number of hydrogen-bond donors (Lipinski definition) is 2. The molecule has 1 saturated heterocycles. The molecule has 1 aliphatic carbocycles. The summed E-state index contributed by atoms with van der Waals surface area (Å²) >= 11 is 0. The van der Waals surface area contributed by atoms with Gasteiger partial charge in [-0.05, 0) is 32.9 Å². The van der Waals surface area contributed by atoms with Crippen LogP contribution in [0.2, 0.25) is 0 Å². The quantitative estimate of drug-likeness (QED) is 0.776. The van der Waals surface area contributed by atoms with Crippen LogP contribution in [0, 0.1) is 5.92 Å². The number of piperazine rings is 1. The van der Waals surface area contributed by atoms with Crippen LogP contribution in [0.25, 0.3) is 0 Å². The zero-order chi connectivity index (χ0) is 15.3. The molecular weight excluding hydrogens is 264 g/mol. The number of nitrogens with one attached hydrogen (secondary N) is 2. The number of carbonyl (C=O) groups excluding carboxylic acids is 1. The van der Waals surface area contributed by atoms with Crippen molar-refractivity contribution < 1.29 is 4.79 Å². The molecule has 21 heavy (non-hydrogen) atoms. The summed E-state index contributed by atoms with van der Waals surface area (Å²) in [6.45, 7) is 7.60. The number of carbonyl (C=O) groups is 1. The number of nitrogens with zero attached hydrogens (tertiary/aromatic N) is 2. The zero-order valence-corrected chi connectivity index (χ0v) is 14.0. The first-order valence-corrected chi connectivity index (χ1v) is 8.39. The van der Waals surface area contributed by atoms with Gasteiger partial charge in [0.2, 0.25) is 5.91 Å². The van der Waals surface area contributed by atoms with Crippen LogP contribution in [0.1, 0.15) is 32.6 Å². The third-order valence-corrected chi connectivity index (χ3v) is 5.21. The van der Waals surface area contributed by atoms with Gasteiger partial charge in [-0.3, -0.25) is 9.69 Å². The molecule has 1 saturated carbocycles. The molecule has 1 amide bonds. The predicted molar refractivity (Wildman–Crippen MR) is 86.4 cm³/mol. The van der Waals surface area contributed by atoms with E-state index in [2.05, 4.69) is 41.5 Å². The van der Waals surface area contributed by atoms with Gasteiger partial charge in [0.25, 0.3) is 0 Å². The Morgan fingerprint density at radius 2 is 2.10 bits per heavy atom. The van der Waals surface area contributed by atoms with Gasteiger partial charge in [-0.1, -0.05) is 19.8 Å². The van der Waals surface area contributed by atoms with Crippen molar-refractivity contribution in [2.75, 3.05) is 53.4 Å². The largest absolute Gasteiger partial charge is 0.353 e. The van der Waals surface area contributed by atoms with Crippen molar-refractivity contribution in [2.45, 2.75) is 38.1 Å². The predicted octanol–water partition coefficient (Wildman–Crippen LogP) is 0.518. The summed E-state index contributed by atoms with van der Waals surface area (Å²) in [7, 11) is 4.31. The third kappa shape index (κ3) is 4.66. The Labute approximate surface area is 129 Å². The highest BCUT2D eigenvalue weighted by atomic mass is 16.2. The molecule has 2 unspecified atom stereocenters. The van der Waals surface area contributed by atoms with Crippen LogP contribution >= 0.6 is 0 Å². The van der Waals surface area contributed by atoms with Gasteiger partial charge in [0, 0.05) is 38.3 Å². The average Bonchev–Trinajstić information content (AvgIpc) is 2.46. The van der Waals surface area contributed by atoms with Crippen molar-refractivity contribution in [3.8, 4) is 0 Å². The normalized spacial score (nSPS) is 31.3. The van der Waals surface area contributed by atoms with E-state index in [9.17, 15) is 4.79 Å². The lowest BCUT2D eigenvalue weighted by Crippen LogP contribution is -2.56. The van der Waals surface area contributed by atoms with Crippen LogP contribution in [0.15, 0.2) is 0 Å². The molecule has 2 aliphatic rings. The molecule has 2 rings (SSSR count). The van der Waals surface area contributed by atoms with Crippen LogP contribution in [0.4, 0.5) is 0 Å². The van der Waals surface area contributed by atoms with Gasteiger partial charge >= 0.3 is 0 Å². The molecule has 2 fully saturated rings. The standard InChI is InChI=1S/C16H32N4O/c1-14-5-4-6-16(11-14,19(2)3)13-18-15(21)12-20-9-7-17-8-10-20/h14,17H,4-13H2,1-3H3,(H,18,21). The fraction of sp³-hybridized carbons (Fsp3) is 0.938. The van der Waals surface area contributed by atoms with Gasteiger partial charge < -0.3 is 15.5 Å². The van der Waals surface area contributed by atoms with Gasteiger partial charge in [0.1, 0.15) is 0 Å². The van der Waals surface area contributed by atoms with Crippen molar-refractivity contribution in [3.05, 3.63) is 0 Å². The van der Waals surface area contributed by atoms with E-state index in [-0.39, 0.29) is 11.4 Å². The highest BCUT2D eigenvalue weighted by Gasteiger charge is 2.37. The lowest BCUT2D eigenvalue weighted by Gasteiger charge is -2.45. The summed E-state index contributed by atoms with van der Waals surface area (Å²) < 4.78 is 0. The molecule has 5 nitrogen and oxygen atoms in total. The lowest BCUT2D eigenvalue weighted by molar-refractivity contribution is -0.123. The van der Waals surface area contributed by atoms with E-state index in [1.54, 1.807) is 0 Å². The third-order valence-electron chi connectivity index (χ3n) is 5.21. The summed E-state index contributed by atoms with van der Waals surface area (Å²) in [6, 6.07) is 0. The van der Waals surface area contributed by atoms with Crippen LogP contribution in [-0.4, -0.2) is 74.6 Å². The molecule has 122 valence electrons. The maximum atomic E-state index is 12.2. The first-order chi connectivity index (χ1) is 10.0. The second kappa shape index (κ2) is 7.56. The molecule has 0 radical (unpaired) electrons. The summed E-state index contributed by atoms with van der Waals surface area (Å²) in [6.07, 6.45) is 4.98. The maximum absolute atomic E-state index is 12.2. The van der Waals surface area contributed by atoms with Crippen molar-refractivity contribution in [1.82, 2.24) is 20.4 Å². The van der Waals surface area contributed by atoms with Crippen molar-refractivity contribution in [3.63, 3.8) is 0 Å². The fourth-order valence-corrected chi connectivity index (χ4v) is 3.75. The molecule has 1 heterocycles. The zero-order valence-electron chi connectivity index (χ0n) is 14.0. The van der Waals surface area contributed by atoms with E-state index in [1.807, 2.05) is 0 Å². The van der Waals surface area contributed by atoms with Gasteiger partial charge in [-0.25, -0.2) is 0 Å². The molecule has 0 aromatic heterocycles. The first kappa shape index (κ1) is 16.7. The molecular formula is C16H32N4O. The summed E-state index contributed by atoms with van der Waals surface area (Å²) in [4.78, 5) is 16.8. The van der Waals surface area contributed by atoms with E-state index in [4.69, 9.17) is 0 Å². The van der Waals surface area contributed by atoms with Crippen LogP contribution in [0.3, 0.4) is 0 Å². The second-order valence-electron chi connectivity index (χ2n) is 7.12. The van der Waals surface area contributed by atoms with Gasteiger partial charge in [0.05, 0.1) is 6.54 Å². The minimum absolute atomic E-state index is 0.150. The van der Waals surface area contributed by atoms with E-state index in [0.29, 0.717) is 6.54 Å². The molecule has 0 aromatic rings. The number of amides is 1. The number of likely N-dealkylation sites (N-methyl/N-ethyl adjacent to an activating group) is 1. The lowest BCUT2D eigenvalue weighted by atomic mass is 9.75. The SMILES string of the molecule is CC1CCCC(CNC(=O)CN2CCNCC2)(N(C)C)C1.